The van der Waals surface area contributed by atoms with Gasteiger partial charge in [-0.05, 0) is 0 Å². The maximum absolute atomic E-state index is 12.4. The van der Waals surface area contributed by atoms with Crippen molar-refractivity contribution in [3.8, 4) is 0 Å². The maximum atomic E-state index is 12.4. The largest absolute Gasteiger partial charge is 0.480 e. The second-order valence-electron chi connectivity index (χ2n) is 6.57. The van der Waals surface area contributed by atoms with Gasteiger partial charge in [0.2, 0.25) is 41.4 Å². The van der Waals surface area contributed by atoms with Crippen LogP contribution in [0.15, 0.2) is 0 Å². The van der Waals surface area contributed by atoms with Gasteiger partial charge in [0.1, 0.15) is 18.1 Å². The third kappa shape index (κ3) is 12.2. The summed E-state index contributed by atoms with van der Waals surface area (Å²) in [6, 6.07) is -4.79. The number of nitrogens with one attached hydrogen (secondary N) is 4. The SMILES string of the molecule is NCC(=O)N[C@@H](CC(N)=O)C(=O)N[C@@H](CC(N)=O)C(=O)NCC(=O)N[C@@H](CC(N)=O)C(=O)O. The van der Waals surface area contributed by atoms with Gasteiger partial charge in [-0.2, -0.15) is 0 Å². The second-order valence-corrected chi connectivity index (χ2v) is 6.57. The molecule has 33 heavy (non-hydrogen) atoms. The molecule has 0 unspecified atom stereocenters. The van der Waals surface area contributed by atoms with Crippen molar-refractivity contribution in [2.45, 2.75) is 37.4 Å². The summed E-state index contributed by atoms with van der Waals surface area (Å²) in [4.78, 5) is 92.3. The molecule has 0 radical (unpaired) electrons. The molecule has 0 aliphatic carbocycles. The molecule has 0 aromatic rings. The number of amides is 7. The fourth-order valence-corrected chi connectivity index (χ4v) is 2.28. The van der Waals surface area contributed by atoms with E-state index in [9.17, 15) is 38.4 Å². The Hall–Kier alpha value is -4.28. The predicted octanol–water partition coefficient (Wildman–Crippen LogP) is -6.77. The molecule has 0 bridgehead atoms. The van der Waals surface area contributed by atoms with E-state index in [0.29, 0.717) is 0 Å². The Balaban J connectivity index is 5.20. The summed E-state index contributed by atoms with van der Waals surface area (Å²) in [6.07, 6.45) is -2.08. The maximum Gasteiger partial charge on any atom is 0.326 e. The number of rotatable bonds is 15. The highest BCUT2D eigenvalue weighted by Gasteiger charge is 2.29. The summed E-state index contributed by atoms with van der Waals surface area (Å²) in [6.45, 7) is -1.32. The number of nitrogens with two attached hydrogens (primary N) is 4. The van der Waals surface area contributed by atoms with Crippen LogP contribution in [0.1, 0.15) is 19.3 Å². The van der Waals surface area contributed by atoms with Crippen molar-refractivity contribution < 1.29 is 43.5 Å². The first kappa shape index (κ1) is 28.7. The van der Waals surface area contributed by atoms with Crippen molar-refractivity contribution in [2.75, 3.05) is 13.1 Å². The molecule has 7 amide bonds. The van der Waals surface area contributed by atoms with Crippen molar-refractivity contribution in [3.05, 3.63) is 0 Å². The van der Waals surface area contributed by atoms with Gasteiger partial charge in [-0.3, -0.25) is 33.6 Å². The molecule has 0 saturated heterocycles. The first-order chi connectivity index (χ1) is 15.3. The lowest BCUT2D eigenvalue weighted by Crippen LogP contribution is -2.56. The van der Waals surface area contributed by atoms with Crippen LogP contribution >= 0.6 is 0 Å². The highest BCUT2D eigenvalue weighted by molar-refractivity contribution is 5.97. The number of hydrogen-bond acceptors (Lipinski definition) is 9. The van der Waals surface area contributed by atoms with Crippen LogP contribution in [0.5, 0.6) is 0 Å². The highest BCUT2D eigenvalue weighted by Crippen LogP contribution is 1.98. The van der Waals surface area contributed by atoms with Crippen LogP contribution in [0.3, 0.4) is 0 Å². The fourth-order valence-electron chi connectivity index (χ4n) is 2.28. The molecule has 17 heteroatoms. The number of hydrogen-bond donors (Lipinski definition) is 9. The minimum absolute atomic E-state index is 0.518. The average Bonchev–Trinajstić information content (AvgIpc) is 2.69. The van der Waals surface area contributed by atoms with Crippen molar-refractivity contribution >= 4 is 47.3 Å². The molecule has 0 fully saturated rings. The summed E-state index contributed by atoms with van der Waals surface area (Å²) < 4.78 is 0. The van der Waals surface area contributed by atoms with Crippen LogP contribution in [0.2, 0.25) is 0 Å². The molecule has 17 nitrogen and oxygen atoms in total. The topological polar surface area (TPSA) is 309 Å². The highest BCUT2D eigenvalue weighted by atomic mass is 16.4. The molecule has 13 N–H and O–H groups in total. The van der Waals surface area contributed by atoms with E-state index < -0.39 is 97.8 Å². The van der Waals surface area contributed by atoms with Gasteiger partial charge in [0, 0.05) is 0 Å². The van der Waals surface area contributed by atoms with Gasteiger partial charge in [0.15, 0.2) is 0 Å². The van der Waals surface area contributed by atoms with E-state index in [-0.39, 0.29) is 0 Å². The van der Waals surface area contributed by atoms with Crippen LogP contribution in [-0.2, 0) is 38.4 Å². The fraction of sp³-hybridized carbons (Fsp3) is 0.500. The summed E-state index contributed by atoms with van der Waals surface area (Å²) in [5, 5.41) is 17.1. The van der Waals surface area contributed by atoms with E-state index in [1.807, 2.05) is 10.6 Å². The Kier molecular flexibility index (Phi) is 12.1. The Morgan fingerprint density at radius 1 is 0.636 bits per heavy atom. The monoisotopic (exact) mass is 474 g/mol. The predicted molar refractivity (Wildman–Crippen MR) is 107 cm³/mol. The molecule has 0 aliphatic rings. The molecule has 0 aromatic heterocycles. The van der Waals surface area contributed by atoms with E-state index in [4.69, 9.17) is 28.0 Å². The Morgan fingerprint density at radius 2 is 1.06 bits per heavy atom. The molecular formula is C16H26N8O9. The number of carboxylic acids is 1. The second kappa shape index (κ2) is 13.9. The first-order valence-corrected chi connectivity index (χ1v) is 9.21. The molecule has 0 rings (SSSR count). The lowest BCUT2D eigenvalue weighted by Gasteiger charge is -2.22. The molecule has 184 valence electrons. The van der Waals surface area contributed by atoms with E-state index in [2.05, 4.69) is 10.6 Å². The minimum Gasteiger partial charge on any atom is -0.480 e. The zero-order chi connectivity index (χ0) is 25.7. The zero-order valence-corrected chi connectivity index (χ0v) is 17.3. The van der Waals surface area contributed by atoms with Gasteiger partial charge in [-0.15, -0.1) is 0 Å². The van der Waals surface area contributed by atoms with Crippen LogP contribution in [0.25, 0.3) is 0 Å². The number of primary amides is 3. The van der Waals surface area contributed by atoms with E-state index in [1.54, 1.807) is 0 Å². The van der Waals surface area contributed by atoms with Gasteiger partial charge >= 0.3 is 5.97 Å². The first-order valence-electron chi connectivity index (χ1n) is 9.21. The summed E-state index contributed by atoms with van der Waals surface area (Å²) in [7, 11) is 0. The standard InChI is InChI=1S/C16H26N8O9/c17-4-12(28)22-7(2-10(19)26)15(31)24-6(1-9(18)25)14(30)21-5-13(29)23-8(16(32)33)3-11(20)27/h6-8H,1-5,17H2,(H2,18,25)(H2,19,26)(H2,20,27)(H,21,30)(H,22,28)(H,23,29)(H,24,31)(H,32,33)/t6-,7-,8-/m0/s1. The summed E-state index contributed by atoms with van der Waals surface area (Å²) >= 11 is 0. The Morgan fingerprint density at radius 3 is 1.48 bits per heavy atom. The van der Waals surface area contributed by atoms with Crippen molar-refractivity contribution in [3.63, 3.8) is 0 Å². The third-order valence-corrected chi connectivity index (χ3v) is 3.74. The number of carbonyl (C=O) groups is 8. The van der Waals surface area contributed by atoms with Crippen LogP contribution in [0, 0.1) is 0 Å². The van der Waals surface area contributed by atoms with E-state index in [0.717, 1.165) is 0 Å². The van der Waals surface area contributed by atoms with Gasteiger partial charge < -0.3 is 49.3 Å². The van der Waals surface area contributed by atoms with Gasteiger partial charge in [0.05, 0.1) is 32.4 Å². The lowest BCUT2D eigenvalue weighted by molar-refractivity contribution is -0.143. The summed E-state index contributed by atoms with van der Waals surface area (Å²) in [5.41, 5.74) is 20.1. The number of aliphatic carboxylic acids is 1. The van der Waals surface area contributed by atoms with Crippen LogP contribution < -0.4 is 44.2 Å². The van der Waals surface area contributed by atoms with Crippen LogP contribution in [0.4, 0.5) is 0 Å². The quantitative estimate of drug-likeness (QED) is 0.108. The Bertz CT molecular complexity index is 816. The molecule has 0 saturated carbocycles. The molecular weight excluding hydrogens is 448 g/mol. The van der Waals surface area contributed by atoms with Crippen molar-refractivity contribution in [1.82, 2.24) is 21.3 Å². The van der Waals surface area contributed by atoms with E-state index >= 15 is 0 Å². The summed E-state index contributed by atoms with van der Waals surface area (Å²) in [5.74, 6) is -8.53. The van der Waals surface area contributed by atoms with Gasteiger partial charge in [-0.25, -0.2) is 4.79 Å². The van der Waals surface area contributed by atoms with Gasteiger partial charge in [0.25, 0.3) is 0 Å². The molecule has 3 atom stereocenters. The Labute approximate surface area is 186 Å². The molecule has 0 heterocycles. The van der Waals surface area contributed by atoms with E-state index in [1.165, 1.54) is 0 Å². The van der Waals surface area contributed by atoms with Crippen LogP contribution in [-0.4, -0.2) is 83.6 Å². The molecule has 0 aromatic carbocycles. The van der Waals surface area contributed by atoms with Crippen molar-refractivity contribution in [2.24, 2.45) is 22.9 Å². The van der Waals surface area contributed by atoms with Crippen molar-refractivity contribution in [1.29, 1.82) is 0 Å². The van der Waals surface area contributed by atoms with Gasteiger partial charge in [-0.1, -0.05) is 0 Å². The average molecular weight is 474 g/mol. The normalized spacial score (nSPS) is 12.9. The zero-order valence-electron chi connectivity index (χ0n) is 17.3. The molecule has 0 spiro atoms. The lowest BCUT2D eigenvalue weighted by atomic mass is 10.1. The minimum atomic E-state index is -1.64. The third-order valence-electron chi connectivity index (χ3n) is 3.74. The number of carboxylic acid groups (broad SMARTS) is 1. The molecule has 0 aliphatic heterocycles. The smallest absolute Gasteiger partial charge is 0.326 e. The number of carbonyl (C=O) groups excluding carboxylic acids is 7.